The fourth-order valence-electron chi connectivity index (χ4n) is 1.68. The Morgan fingerprint density at radius 2 is 2.08 bits per heavy atom. The summed E-state index contributed by atoms with van der Waals surface area (Å²) >= 11 is 0. The highest BCUT2D eigenvalue weighted by atomic mass is 16.5. The molecule has 0 N–H and O–H groups in total. The maximum absolute atomic E-state index is 9.91. The Labute approximate surface area is 75.3 Å². The zero-order valence-corrected chi connectivity index (χ0v) is 8.52. The molecule has 0 heterocycles. The third kappa shape index (κ3) is 5.16. The monoisotopic (exact) mass is 171 g/mol. The fraction of sp³-hybridized carbons (Fsp3) is 0.900. The van der Waals surface area contributed by atoms with Gasteiger partial charge in [-0.05, 0) is 25.2 Å². The molecule has 0 saturated carbocycles. The van der Waals surface area contributed by atoms with Crippen LogP contribution in [0.4, 0.5) is 0 Å². The van der Waals surface area contributed by atoms with Crippen LogP contribution < -0.4 is 0 Å². The lowest BCUT2D eigenvalue weighted by Crippen LogP contribution is -2.20. The molecule has 0 aromatic carbocycles. The molecule has 0 aromatic rings. The van der Waals surface area contributed by atoms with Crippen LogP contribution >= 0.6 is 0 Å². The van der Waals surface area contributed by atoms with Crippen LogP contribution in [0.25, 0.3) is 0 Å². The molecule has 12 heavy (non-hydrogen) atoms. The van der Waals surface area contributed by atoms with Crippen molar-refractivity contribution in [3.63, 3.8) is 0 Å². The van der Waals surface area contributed by atoms with Gasteiger partial charge in [-0.2, -0.15) is 0 Å². The van der Waals surface area contributed by atoms with E-state index < -0.39 is 0 Å². The molecule has 1 atom stereocenters. The second-order valence-corrected chi connectivity index (χ2v) is 4.13. The zero-order valence-electron chi connectivity index (χ0n) is 8.52. The molecule has 0 fully saturated rings. The van der Waals surface area contributed by atoms with E-state index in [1.807, 2.05) is 6.92 Å². The summed E-state index contributed by atoms with van der Waals surface area (Å²) in [5.41, 5.74) is 0.269. The number of rotatable bonds is 6. The van der Waals surface area contributed by atoms with E-state index in [0.717, 1.165) is 6.42 Å². The highest BCUT2D eigenvalue weighted by Gasteiger charge is 2.20. The summed E-state index contributed by atoms with van der Waals surface area (Å²) in [5, 5.41) is 0. The average Bonchev–Trinajstić information content (AvgIpc) is 1.85. The smallest absolute Gasteiger partial charge is 0.417 e. The van der Waals surface area contributed by atoms with Crippen LogP contribution in [0.3, 0.4) is 0 Å². The molecule has 0 aliphatic heterocycles. The van der Waals surface area contributed by atoms with Gasteiger partial charge in [0.15, 0.2) is 0 Å². The molecule has 1 unspecified atom stereocenters. The summed E-state index contributed by atoms with van der Waals surface area (Å²) < 4.78 is 4.72. The van der Waals surface area contributed by atoms with Crippen LogP contribution in [0.1, 0.15) is 47.0 Å². The molecule has 0 bridgehead atoms. The van der Waals surface area contributed by atoms with Crippen molar-refractivity contribution in [2.75, 3.05) is 0 Å². The van der Waals surface area contributed by atoms with E-state index in [2.05, 4.69) is 20.8 Å². The number of carbonyl (C=O) groups excluding carboxylic acids is 1. The topological polar surface area (TPSA) is 26.3 Å². The van der Waals surface area contributed by atoms with Crippen LogP contribution in [0, 0.1) is 5.41 Å². The lowest BCUT2D eigenvalue weighted by molar-refractivity contribution is 0.128. The number of hydrogen-bond acceptors (Lipinski definition) is 2. The lowest BCUT2D eigenvalue weighted by atomic mass is 9.83. The normalized spacial score (nSPS) is 14.0. The molecule has 0 aliphatic rings. The molecule has 2 heteroatoms. The summed E-state index contributed by atoms with van der Waals surface area (Å²) in [7, 11) is 0. The van der Waals surface area contributed by atoms with Gasteiger partial charge in [-0.15, -0.1) is 0 Å². The second kappa shape index (κ2) is 5.18. The van der Waals surface area contributed by atoms with E-state index in [-0.39, 0.29) is 11.5 Å². The summed E-state index contributed by atoms with van der Waals surface area (Å²) in [6, 6.07) is 0. The molecule has 0 rings (SSSR count). The van der Waals surface area contributed by atoms with E-state index in [1.54, 1.807) is 0 Å². The molecule has 2 nitrogen and oxygen atoms in total. The predicted octanol–water partition coefficient (Wildman–Crippen LogP) is 2.68. The number of hydrogen-bond donors (Lipinski definition) is 0. The zero-order chi connectivity index (χ0) is 9.61. The van der Waals surface area contributed by atoms with E-state index in [0.29, 0.717) is 0 Å². The van der Waals surface area contributed by atoms with Crippen molar-refractivity contribution in [1.29, 1.82) is 0 Å². The van der Waals surface area contributed by atoms with Crippen molar-refractivity contribution in [2.45, 2.75) is 53.1 Å². The van der Waals surface area contributed by atoms with Crippen molar-refractivity contribution >= 4 is 6.47 Å². The highest BCUT2D eigenvalue weighted by Crippen LogP contribution is 2.28. The summed E-state index contributed by atoms with van der Waals surface area (Å²) in [5.74, 6) is 0. The third-order valence-electron chi connectivity index (χ3n) is 2.02. The third-order valence-corrected chi connectivity index (χ3v) is 2.02. The van der Waals surface area contributed by atoms with E-state index in [1.165, 1.54) is 19.3 Å². The van der Waals surface area contributed by atoms with Gasteiger partial charge in [-0.3, -0.25) is 0 Å². The largest absolute Gasteiger partial charge is 0.454 e. The quantitative estimate of drug-likeness (QED) is 0.614. The van der Waals surface area contributed by atoms with E-state index >= 15 is 0 Å². The van der Waals surface area contributed by atoms with Gasteiger partial charge >= 0.3 is 6.47 Å². The van der Waals surface area contributed by atoms with Crippen LogP contribution in [0.2, 0.25) is 0 Å². The molecule has 1 radical (unpaired) electrons. The molecule has 0 aliphatic carbocycles. The van der Waals surface area contributed by atoms with Gasteiger partial charge < -0.3 is 4.74 Å². The molecule has 71 valence electrons. The van der Waals surface area contributed by atoms with Crippen molar-refractivity contribution in [3.05, 3.63) is 0 Å². The first-order valence-corrected chi connectivity index (χ1v) is 4.54. The maximum atomic E-state index is 9.91. The Kier molecular flexibility index (Phi) is 4.95. The van der Waals surface area contributed by atoms with Gasteiger partial charge in [0.1, 0.15) is 6.10 Å². The Balaban J connectivity index is 3.78. The number of ether oxygens (including phenoxy) is 1. The van der Waals surface area contributed by atoms with E-state index in [4.69, 9.17) is 4.74 Å². The van der Waals surface area contributed by atoms with Crippen molar-refractivity contribution in [2.24, 2.45) is 5.41 Å². The molecule has 0 saturated heterocycles. The average molecular weight is 171 g/mol. The van der Waals surface area contributed by atoms with Crippen LogP contribution in [-0.4, -0.2) is 12.6 Å². The summed E-state index contributed by atoms with van der Waals surface area (Å²) in [4.78, 5) is 9.91. The van der Waals surface area contributed by atoms with Gasteiger partial charge in [0, 0.05) is 0 Å². The van der Waals surface area contributed by atoms with Crippen molar-refractivity contribution in [1.82, 2.24) is 0 Å². The molecule has 0 amide bonds. The second-order valence-electron chi connectivity index (χ2n) is 4.13. The maximum Gasteiger partial charge on any atom is 0.417 e. The van der Waals surface area contributed by atoms with Crippen molar-refractivity contribution in [3.8, 4) is 0 Å². The Bertz CT molecular complexity index is 130. The fourth-order valence-corrected chi connectivity index (χ4v) is 1.68. The summed E-state index contributed by atoms with van der Waals surface area (Å²) in [6.07, 6.45) is 3.24. The Hall–Kier alpha value is -0.530. The molecular formula is C10H19O2. The van der Waals surface area contributed by atoms with Crippen LogP contribution in [-0.2, 0) is 9.53 Å². The Morgan fingerprint density at radius 3 is 2.50 bits per heavy atom. The van der Waals surface area contributed by atoms with Crippen LogP contribution in [0.5, 0.6) is 0 Å². The minimum Gasteiger partial charge on any atom is -0.454 e. The van der Waals surface area contributed by atoms with E-state index in [9.17, 15) is 4.79 Å². The molecular weight excluding hydrogens is 152 g/mol. The first-order valence-electron chi connectivity index (χ1n) is 4.54. The highest BCUT2D eigenvalue weighted by molar-refractivity contribution is 5.38. The SMILES string of the molecule is CCCC(C)(C)CC(C)O[C]=O. The minimum absolute atomic E-state index is 0.0101. The minimum atomic E-state index is -0.0101. The van der Waals surface area contributed by atoms with Gasteiger partial charge in [-0.1, -0.05) is 27.2 Å². The van der Waals surface area contributed by atoms with Gasteiger partial charge in [0.2, 0.25) is 0 Å². The van der Waals surface area contributed by atoms with Crippen LogP contribution in [0.15, 0.2) is 0 Å². The van der Waals surface area contributed by atoms with Gasteiger partial charge in [0.05, 0.1) is 0 Å². The van der Waals surface area contributed by atoms with Gasteiger partial charge in [0.25, 0.3) is 0 Å². The predicted molar refractivity (Wildman–Crippen MR) is 49.5 cm³/mol. The first kappa shape index (κ1) is 11.5. The summed E-state index contributed by atoms with van der Waals surface area (Å²) in [6.45, 7) is 9.94. The standard InChI is InChI=1S/C10H19O2/c1-5-6-10(3,4)7-9(2)12-8-11/h9H,5-7H2,1-4H3. The molecule has 0 aromatic heterocycles. The first-order chi connectivity index (χ1) is 5.52. The van der Waals surface area contributed by atoms with Crippen molar-refractivity contribution < 1.29 is 9.53 Å². The van der Waals surface area contributed by atoms with Gasteiger partial charge in [-0.25, -0.2) is 4.79 Å². The Morgan fingerprint density at radius 1 is 1.50 bits per heavy atom. The lowest BCUT2D eigenvalue weighted by Gasteiger charge is -2.26. The molecule has 0 spiro atoms.